The average Bonchev–Trinajstić information content (AvgIpc) is 2.95. The molecule has 5 nitrogen and oxygen atoms in total. The van der Waals surface area contributed by atoms with Crippen molar-refractivity contribution in [2.75, 3.05) is 39.3 Å². The van der Waals surface area contributed by atoms with Crippen LogP contribution in [-0.4, -0.2) is 52.6 Å². The highest BCUT2D eigenvalue weighted by molar-refractivity contribution is 7.89. The summed E-state index contributed by atoms with van der Waals surface area (Å²) in [7, 11) is -3.37. The van der Waals surface area contributed by atoms with Crippen molar-refractivity contribution in [3.63, 3.8) is 0 Å². The Labute approximate surface area is 151 Å². The molecule has 0 unspecified atom stereocenters. The molecule has 1 aliphatic heterocycles. The van der Waals surface area contributed by atoms with Gasteiger partial charge in [-0.15, -0.1) is 24.8 Å². The lowest BCUT2D eigenvalue weighted by Gasteiger charge is -2.27. The number of nitrogens with zero attached hydrogens (tertiary/aromatic N) is 1. The lowest BCUT2D eigenvalue weighted by molar-refractivity contribution is 0.245. The van der Waals surface area contributed by atoms with Crippen LogP contribution in [0.25, 0.3) is 0 Å². The molecule has 1 heterocycles. The fourth-order valence-electron chi connectivity index (χ4n) is 3.07. The first-order valence-electron chi connectivity index (χ1n) is 7.70. The van der Waals surface area contributed by atoms with Crippen molar-refractivity contribution in [3.05, 3.63) is 29.3 Å². The minimum atomic E-state index is -3.37. The number of piperazine rings is 1. The van der Waals surface area contributed by atoms with Gasteiger partial charge in [0.25, 0.3) is 0 Å². The van der Waals surface area contributed by atoms with Gasteiger partial charge in [-0.3, -0.25) is 4.90 Å². The SMILES string of the molecule is Cl.Cl.O=S(=O)(NCCN1CCNCC1)c1ccc2c(c1)CCC2. The molecule has 1 saturated heterocycles. The van der Waals surface area contributed by atoms with Crippen LogP contribution in [0.5, 0.6) is 0 Å². The van der Waals surface area contributed by atoms with Crippen molar-refractivity contribution >= 4 is 34.8 Å². The Balaban J connectivity index is 0.00000132. The number of halogens is 2. The van der Waals surface area contributed by atoms with Gasteiger partial charge in [-0.1, -0.05) is 6.07 Å². The number of sulfonamides is 1. The Hall–Kier alpha value is -0.370. The molecule has 1 aromatic carbocycles. The van der Waals surface area contributed by atoms with E-state index in [4.69, 9.17) is 0 Å². The molecule has 1 aliphatic carbocycles. The van der Waals surface area contributed by atoms with Gasteiger partial charge in [0, 0.05) is 39.3 Å². The van der Waals surface area contributed by atoms with Crippen molar-refractivity contribution in [2.45, 2.75) is 24.2 Å². The number of hydrogen-bond donors (Lipinski definition) is 2. The van der Waals surface area contributed by atoms with E-state index in [1.165, 1.54) is 11.1 Å². The summed E-state index contributed by atoms with van der Waals surface area (Å²) in [5.74, 6) is 0. The largest absolute Gasteiger partial charge is 0.314 e. The third-order valence-electron chi connectivity index (χ3n) is 4.31. The van der Waals surface area contributed by atoms with Crippen LogP contribution in [0, 0.1) is 0 Å². The van der Waals surface area contributed by atoms with Crippen molar-refractivity contribution < 1.29 is 8.42 Å². The van der Waals surface area contributed by atoms with E-state index in [1.54, 1.807) is 6.07 Å². The Bertz CT molecular complexity index is 605. The molecule has 0 atom stereocenters. The lowest BCUT2D eigenvalue weighted by Crippen LogP contribution is -2.46. The summed E-state index contributed by atoms with van der Waals surface area (Å²) >= 11 is 0. The molecule has 0 saturated carbocycles. The molecule has 1 fully saturated rings. The van der Waals surface area contributed by atoms with Crippen molar-refractivity contribution in [1.82, 2.24) is 14.9 Å². The summed E-state index contributed by atoms with van der Waals surface area (Å²) < 4.78 is 27.4. The van der Waals surface area contributed by atoms with Gasteiger partial charge in [0.15, 0.2) is 0 Å². The fraction of sp³-hybridized carbons (Fsp3) is 0.600. The Morgan fingerprint density at radius 3 is 2.52 bits per heavy atom. The second-order valence-electron chi connectivity index (χ2n) is 5.77. The molecule has 2 N–H and O–H groups in total. The zero-order valence-electron chi connectivity index (χ0n) is 13.1. The normalized spacial score (nSPS) is 17.9. The van der Waals surface area contributed by atoms with Crippen LogP contribution in [0.2, 0.25) is 0 Å². The number of benzene rings is 1. The standard InChI is InChI=1S/C15H23N3O2S.2ClH/c19-21(20,17-8-11-18-9-6-16-7-10-18)15-5-4-13-2-1-3-14(13)12-15;;/h4-5,12,16-17H,1-3,6-11H2;2*1H. The van der Waals surface area contributed by atoms with E-state index in [2.05, 4.69) is 14.9 Å². The average molecular weight is 382 g/mol. The predicted molar refractivity (Wildman–Crippen MR) is 97.5 cm³/mol. The maximum absolute atomic E-state index is 12.3. The topological polar surface area (TPSA) is 61.4 Å². The highest BCUT2D eigenvalue weighted by atomic mass is 35.5. The molecule has 0 spiro atoms. The maximum Gasteiger partial charge on any atom is 0.240 e. The predicted octanol–water partition coefficient (Wildman–Crippen LogP) is 1.20. The van der Waals surface area contributed by atoms with E-state index in [9.17, 15) is 8.42 Å². The highest BCUT2D eigenvalue weighted by Crippen LogP contribution is 2.24. The molecule has 132 valence electrons. The van der Waals surface area contributed by atoms with E-state index < -0.39 is 10.0 Å². The van der Waals surface area contributed by atoms with Crippen LogP contribution in [-0.2, 0) is 22.9 Å². The number of aryl methyl sites for hydroxylation is 2. The summed E-state index contributed by atoms with van der Waals surface area (Å²) in [5.41, 5.74) is 2.50. The Morgan fingerprint density at radius 1 is 1.09 bits per heavy atom. The summed E-state index contributed by atoms with van der Waals surface area (Å²) in [6.07, 6.45) is 3.21. The molecule has 1 aromatic rings. The molecule has 0 radical (unpaired) electrons. The number of fused-ring (bicyclic) bond motifs is 1. The zero-order chi connectivity index (χ0) is 14.7. The summed E-state index contributed by atoms with van der Waals surface area (Å²) in [6, 6.07) is 5.54. The second kappa shape index (κ2) is 9.20. The van der Waals surface area contributed by atoms with E-state index in [0.29, 0.717) is 11.4 Å². The minimum Gasteiger partial charge on any atom is -0.314 e. The van der Waals surface area contributed by atoms with Gasteiger partial charge >= 0.3 is 0 Å². The van der Waals surface area contributed by atoms with Crippen LogP contribution in [0.3, 0.4) is 0 Å². The first kappa shape index (κ1) is 20.7. The van der Waals surface area contributed by atoms with Crippen molar-refractivity contribution in [3.8, 4) is 0 Å². The molecule has 2 aliphatic rings. The van der Waals surface area contributed by atoms with E-state index in [1.807, 2.05) is 12.1 Å². The number of nitrogens with one attached hydrogen (secondary N) is 2. The summed E-state index contributed by atoms with van der Waals surface area (Å²) in [4.78, 5) is 2.69. The van der Waals surface area contributed by atoms with Crippen molar-refractivity contribution in [2.24, 2.45) is 0 Å². The first-order chi connectivity index (χ1) is 10.1. The van der Waals surface area contributed by atoms with Gasteiger partial charge in [-0.2, -0.15) is 0 Å². The van der Waals surface area contributed by atoms with Crippen LogP contribution in [0.1, 0.15) is 17.5 Å². The third kappa shape index (κ3) is 5.31. The monoisotopic (exact) mass is 381 g/mol. The molecule has 8 heteroatoms. The van der Waals surface area contributed by atoms with Crippen LogP contribution < -0.4 is 10.0 Å². The first-order valence-corrected chi connectivity index (χ1v) is 9.18. The number of hydrogen-bond acceptors (Lipinski definition) is 4. The minimum absolute atomic E-state index is 0. The zero-order valence-corrected chi connectivity index (χ0v) is 15.5. The molecule has 0 bridgehead atoms. The van der Waals surface area contributed by atoms with Gasteiger partial charge in [0.1, 0.15) is 0 Å². The van der Waals surface area contributed by atoms with Crippen LogP contribution in [0.15, 0.2) is 23.1 Å². The van der Waals surface area contributed by atoms with Gasteiger partial charge in [-0.05, 0) is 42.5 Å². The van der Waals surface area contributed by atoms with Crippen LogP contribution in [0.4, 0.5) is 0 Å². The molecule has 0 amide bonds. The lowest BCUT2D eigenvalue weighted by atomic mass is 10.1. The van der Waals surface area contributed by atoms with E-state index >= 15 is 0 Å². The molecule has 23 heavy (non-hydrogen) atoms. The van der Waals surface area contributed by atoms with E-state index in [0.717, 1.165) is 52.0 Å². The summed E-state index contributed by atoms with van der Waals surface area (Å²) in [6.45, 7) is 5.18. The molecular formula is C15H25Cl2N3O2S. The quantitative estimate of drug-likeness (QED) is 0.804. The fourth-order valence-corrected chi connectivity index (χ4v) is 4.14. The van der Waals surface area contributed by atoms with Gasteiger partial charge in [-0.25, -0.2) is 13.1 Å². The number of rotatable bonds is 5. The molecule has 0 aromatic heterocycles. The molecule has 3 rings (SSSR count). The van der Waals surface area contributed by atoms with Crippen molar-refractivity contribution in [1.29, 1.82) is 0 Å². The highest BCUT2D eigenvalue weighted by Gasteiger charge is 2.18. The van der Waals surface area contributed by atoms with Gasteiger partial charge in [0.2, 0.25) is 10.0 Å². The Kier molecular flexibility index (Phi) is 8.27. The smallest absolute Gasteiger partial charge is 0.240 e. The van der Waals surface area contributed by atoms with Crippen LogP contribution >= 0.6 is 24.8 Å². The summed E-state index contributed by atoms with van der Waals surface area (Å²) in [5, 5.41) is 3.29. The second-order valence-corrected chi connectivity index (χ2v) is 7.54. The van der Waals surface area contributed by atoms with Gasteiger partial charge in [0.05, 0.1) is 4.90 Å². The van der Waals surface area contributed by atoms with Gasteiger partial charge < -0.3 is 5.32 Å². The van der Waals surface area contributed by atoms with E-state index in [-0.39, 0.29) is 24.8 Å². The Morgan fingerprint density at radius 2 is 1.78 bits per heavy atom. The maximum atomic E-state index is 12.3. The third-order valence-corrected chi connectivity index (χ3v) is 5.77. The molecular weight excluding hydrogens is 357 g/mol.